The predicted octanol–water partition coefficient (Wildman–Crippen LogP) is 4.39. The van der Waals surface area contributed by atoms with Crippen molar-refractivity contribution in [2.75, 3.05) is 28.4 Å². The summed E-state index contributed by atoms with van der Waals surface area (Å²) in [5.74, 6) is 2.28. The van der Waals surface area contributed by atoms with E-state index in [2.05, 4.69) is 12.1 Å². The van der Waals surface area contributed by atoms with Gasteiger partial charge in [0.1, 0.15) is 23.0 Å². The van der Waals surface area contributed by atoms with Crippen LogP contribution in [0.3, 0.4) is 0 Å². The van der Waals surface area contributed by atoms with Gasteiger partial charge in [-0.05, 0) is 29.7 Å². The van der Waals surface area contributed by atoms with Crippen LogP contribution in [0.1, 0.15) is 29.0 Å². The molecule has 1 heterocycles. The Labute approximate surface area is 193 Å². The zero-order chi connectivity index (χ0) is 23.2. The van der Waals surface area contributed by atoms with E-state index < -0.39 is 17.3 Å². The summed E-state index contributed by atoms with van der Waals surface area (Å²) in [5.41, 5.74) is 0.388. The lowest BCUT2D eigenvalue weighted by Crippen LogP contribution is -2.53. The largest absolute Gasteiger partial charge is 0.497 e. The molecule has 1 aliphatic heterocycles. The van der Waals surface area contributed by atoms with E-state index >= 15 is 0 Å². The van der Waals surface area contributed by atoms with Gasteiger partial charge in [0.05, 0.1) is 33.0 Å². The van der Waals surface area contributed by atoms with Crippen molar-refractivity contribution in [3.8, 4) is 23.0 Å². The first-order valence-electron chi connectivity index (χ1n) is 10.9. The Morgan fingerprint density at radius 3 is 2.15 bits per heavy atom. The highest BCUT2D eigenvalue weighted by atomic mass is 16.6. The number of fused-ring (bicyclic) bond motifs is 3. The monoisotopic (exact) mass is 448 g/mol. The van der Waals surface area contributed by atoms with Crippen molar-refractivity contribution in [3.63, 3.8) is 0 Å². The molecular weight excluding hydrogens is 420 g/mol. The van der Waals surface area contributed by atoms with Crippen LogP contribution in [0.5, 0.6) is 23.0 Å². The van der Waals surface area contributed by atoms with Gasteiger partial charge < -0.3 is 28.8 Å². The molecule has 0 amide bonds. The molecule has 6 heteroatoms. The van der Waals surface area contributed by atoms with Gasteiger partial charge >= 0.3 is 0 Å². The third-order valence-corrected chi connectivity index (χ3v) is 7.15. The molecule has 3 aromatic rings. The van der Waals surface area contributed by atoms with Crippen LogP contribution >= 0.6 is 0 Å². The van der Waals surface area contributed by atoms with Crippen molar-refractivity contribution in [1.29, 1.82) is 0 Å². The molecule has 6 nitrogen and oxygen atoms in total. The van der Waals surface area contributed by atoms with Gasteiger partial charge in [-0.15, -0.1) is 0 Å². The second kappa shape index (κ2) is 7.97. The number of ether oxygens (including phenoxy) is 5. The van der Waals surface area contributed by atoms with Crippen LogP contribution in [-0.2, 0) is 15.9 Å². The van der Waals surface area contributed by atoms with Gasteiger partial charge in [0, 0.05) is 25.2 Å². The second-order valence-electron chi connectivity index (χ2n) is 8.42. The molecule has 2 aliphatic rings. The van der Waals surface area contributed by atoms with Crippen molar-refractivity contribution in [3.05, 3.63) is 83.4 Å². The van der Waals surface area contributed by atoms with Crippen molar-refractivity contribution in [2.24, 2.45) is 0 Å². The average molecular weight is 449 g/mol. The highest BCUT2D eigenvalue weighted by molar-refractivity contribution is 5.62. The number of aliphatic hydroxyl groups is 1. The van der Waals surface area contributed by atoms with E-state index in [-0.39, 0.29) is 5.92 Å². The molecule has 1 fully saturated rings. The van der Waals surface area contributed by atoms with Crippen molar-refractivity contribution < 1.29 is 28.8 Å². The summed E-state index contributed by atoms with van der Waals surface area (Å²) in [5, 5.41) is 11.7. The summed E-state index contributed by atoms with van der Waals surface area (Å²) in [6, 6.07) is 21.5. The van der Waals surface area contributed by atoms with E-state index in [1.54, 1.807) is 34.5 Å². The quantitative estimate of drug-likeness (QED) is 0.603. The first-order chi connectivity index (χ1) is 16.0. The zero-order valence-electron chi connectivity index (χ0n) is 19.2. The molecule has 1 saturated carbocycles. The van der Waals surface area contributed by atoms with Crippen LogP contribution < -0.4 is 18.9 Å². The van der Waals surface area contributed by atoms with E-state index in [4.69, 9.17) is 23.7 Å². The molecule has 3 aromatic carbocycles. The molecule has 0 spiro atoms. The number of hydrogen-bond acceptors (Lipinski definition) is 6. The summed E-state index contributed by atoms with van der Waals surface area (Å²) in [6.07, 6.45) is -0.392. The number of rotatable bonds is 6. The zero-order valence-corrected chi connectivity index (χ0v) is 19.2. The Hall–Kier alpha value is -3.22. The standard InChI is InChI=1S/C27H28O6/c1-29-19-12-10-18(11-13-19)26-21(17-8-6-5-7-9-17)16-24(28)27(26,32-4)25-22(31-3)14-20(30-2)15-23(25)33-26/h5-15,21,24,28H,16H2,1-4H3/t21-,24+,26-,27+/m0/s1. The van der Waals surface area contributed by atoms with Gasteiger partial charge in [-0.25, -0.2) is 0 Å². The molecule has 1 N–H and O–H groups in total. The summed E-state index contributed by atoms with van der Waals surface area (Å²) in [7, 11) is 6.46. The van der Waals surface area contributed by atoms with E-state index in [1.807, 2.05) is 48.5 Å². The van der Waals surface area contributed by atoms with Gasteiger partial charge in [-0.2, -0.15) is 0 Å². The molecule has 0 aromatic heterocycles. The van der Waals surface area contributed by atoms with E-state index in [1.165, 1.54) is 0 Å². The minimum atomic E-state index is -1.20. The predicted molar refractivity (Wildman–Crippen MR) is 123 cm³/mol. The van der Waals surface area contributed by atoms with Gasteiger partial charge in [0.2, 0.25) is 0 Å². The third-order valence-electron chi connectivity index (χ3n) is 7.15. The lowest BCUT2D eigenvalue weighted by molar-refractivity contribution is -0.170. The Kier molecular flexibility index (Phi) is 5.22. The molecule has 33 heavy (non-hydrogen) atoms. The Morgan fingerprint density at radius 1 is 0.848 bits per heavy atom. The van der Waals surface area contributed by atoms with Gasteiger partial charge in [-0.1, -0.05) is 42.5 Å². The summed E-state index contributed by atoms with van der Waals surface area (Å²) in [4.78, 5) is 0. The lowest BCUT2D eigenvalue weighted by Gasteiger charge is -2.43. The minimum Gasteiger partial charge on any atom is -0.497 e. The van der Waals surface area contributed by atoms with Crippen LogP contribution in [0.25, 0.3) is 0 Å². The SMILES string of the molecule is COc1ccc([C@@]23Oc4cc(OC)cc(OC)c4[C@]2(OC)[C@H](O)C[C@H]3c2ccccc2)cc1. The summed E-state index contributed by atoms with van der Waals surface area (Å²) in [6.45, 7) is 0. The summed E-state index contributed by atoms with van der Waals surface area (Å²) >= 11 is 0. The fourth-order valence-electron chi connectivity index (χ4n) is 5.78. The maximum atomic E-state index is 11.7. The number of benzene rings is 3. The van der Waals surface area contributed by atoms with Crippen molar-refractivity contribution in [1.82, 2.24) is 0 Å². The van der Waals surface area contributed by atoms with Crippen molar-refractivity contribution in [2.45, 2.75) is 29.6 Å². The second-order valence-corrected chi connectivity index (χ2v) is 8.42. The molecule has 4 atom stereocenters. The number of aliphatic hydroxyl groups excluding tert-OH is 1. The van der Waals surface area contributed by atoms with E-state index in [0.717, 1.165) is 16.9 Å². The van der Waals surface area contributed by atoms with E-state index in [9.17, 15) is 5.11 Å². The van der Waals surface area contributed by atoms with Crippen LogP contribution in [0.4, 0.5) is 0 Å². The Bertz CT molecular complexity index is 1150. The highest BCUT2D eigenvalue weighted by Gasteiger charge is 2.74. The topological polar surface area (TPSA) is 66.4 Å². The maximum Gasteiger partial charge on any atom is 0.177 e. The third kappa shape index (κ3) is 2.81. The fraction of sp³-hybridized carbons (Fsp3) is 0.333. The number of methoxy groups -OCH3 is 4. The van der Waals surface area contributed by atoms with Gasteiger partial charge in [0.15, 0.2) is 11.2 Å². The fourth-order valence-corrected chi connectivity index (χ4v) is 5.78. The average Bonchev–Trinajstić information content (AvgIpc) is 3.31. The number of hydrogen-bond donors (Lipinski definition) is 1. The first-order valence-corrected chi connectivity index (χ1v) is 10.9. The van der Waals surface area contributed by atoms with Gasteiger partial charge in [0.25, 0.3) is 0 Å². The van der Waals surface area contributed by atoms with Gasteiger partial charge in [-0.3, -0.25) is 0 Å². The Balaban J connectivity index is 1.84. The van der Waals surface area contributed by atoms with Crippen LogP contribution in [0.2, 0.25) is 0 Å². The van der Waals surface area contributed by atoms with Crippen LogP contribution in [0.15, 0.2) is 66.7 Å². The van der Waals surface area contributed by atoms with Crippen LogP contribution in [-0.4, -0.2) is 39.6 Å². The normalized spacial score (nSPS) is 27.4. The minimum absolute atomic E-state index is 0.190. The smallest absolute Gasteiger partial charge is 0.177 e. The molecule has 0 saturated heterocycles. The molecule has 1 aliphatic carbocycles. The molecule has 0 bridgehead atoms. The molecule has 0 radical (unpaired) electrons. The molecular formula is C27H28O6. The molecule has 5 rings (SSSR count). The van der Waals surface area contributed by atoms with E-state index in [0.29, 0.717) is 29.2 Å². The molecule has 172 valence electrons. The Morgan fingerprint density at radius 2 is 1.55 bits per heavy atom. The molecule has 0 unspecified atom stereocenters. The lowest BCUT2D eigenvalue weighted by atomic mass is 9.71. The first kappa shape index (κ1) is 21.6. The van der Waals surface area contributed by atoms with Crippen LogP contribution in [0, 0.1) is 0 Å². The summed E-state index contributed by atoms with van der Waals surface area (Å²) < 4.78 is 29.9. The maximum absolute atomic E-state index is 11.7. The van der Waals surface area contributed by atoms with Crippen molar-refractivity contribution >= 4 is 0 Å². The highest BCUT2D eigenvalue weighted by Crippen LogP contribution is 2.69.